The van der Waals surface area contributed by atoms with Gasteiger partial charge in [0.05, 0.1) is 25.1 Å². The van der Waals surface area contributed by atoms with E-state index in [9.17, 15) is 4.79 Å². The van der Waals surface area contributed by atoms with Crippen molar-refractivity contribution in [1.29, 1.82) is 0 Å². The summed E-state index contributed by atoms with van der Waals surface area (Å²) < 4.78 is 20.3. The highest BCUT2D eigenvalue weighted by atomic mass is 16.5. The molecule has 30 heavy (non-hydrogen) atoms. The molecule has 0 aliphatic carbocycles. The van der Waals surface area contributed by atoms with Crippen molar-refractivity contribution in [3.8, 4) is 28.3 Å². The highest BCUT2D eigenvalue weighted by molar-refractivity contribution is 5.69. The van der Waals surface area contributed by atoms with E-state index in [1.54, 1.807) is 15.4 Å². The summed E-state index contributed by atoms with van der Waals surface area (Å²) >= 11 is 0. The molecule has 160 valence electrons. The minimum Gasteiger partial charge on any atom is -0.494 e. The SMILES string of the molecule is CCCOCCOc1cc(=O)n(-c2ccc(OCC)cc2C)cc1-c1cnn(C)c1. The molecule has 0 fully saturated rings. The lowest BCUT2D eigenvalue weighted by Crippen LogP contribution is -2.19. The summed E-state index contributed by atoms with van der Waals surface area (Å²) in [5, 5.41) is 4.26. The first-order chi connectivity index (χ1) is 14.5. The summed E-state index contributed by atoms with van der Waals surface area (Å²) in [6, 6.07) is 7.23. The summed E-state index contributed by atoms with van der Waals surface area (Å²) in [7, 11) is 1.86. The molecule has 2 aromatic heterocycles. The summed E-state index contributed by atoms with van der Waals surface area (Å²) in [5.74, 6) is 1.30. The van der Waals surface area contributed by atoms with Gasteiger partial charge in [-0.05, 0) is 44.0 Å². The Morgan fingerprint density at radius 2 is 1.87 bits per heavy atom. The topological polar surface area (TPSA) is 67.5 Å². The van der Waals surface area contributed by atoms with Crippen LogP contribution in [0.15, 0.2) is 47.7 Å². The quantitative estimate of drug-likeness (QED) is 0.475. The van der Waals surface area contributed by atoms with Gasteiger partial charge < -0.3 is 14.2 Å². The third kappa shape index (κ3) is 5.10. The van der Waals surface area contributed by atoms with E-state index in [-0.39, 0.29) is 5.56 Å². The number of rotatable bonds is 10. The van der Waals surface area contributed by atoms with Gasteiger partial charge in [0.15, 0.2) is 0 Å². The lowest BCUT2D eigenvalue weighted by molar-refractivity contribution is 0.101. The van der Waals surface area contributed by atoms with Crippen LogP contribution >= 0.6 is 0 Å². The molecule has 0 saturated heterocycles. The van der Waals surface area contributed by atoms with Crippen LogP contribution < -0.4 is 15.0 Å². The van der Waals surface area contributed by atoms with Crippen LogP contribution in [0.5, 0.6) is 11.5 Å². The molecule has 3 aromatic rings. The van der Waals surface area contributed by atoms with Crippen LogP contribution in [0, 0.1) is 6.92 Å². The van der Waals surface area contributed by atoms with Crippen molar-refractivity contribution in [3.63, 3.8) is 0 Å². The standard InChI is InChI=1S/C23H29N3O4/c1-5-9-28-10-11-30-22-13-23(27)26(16-20(22)18-14-24-25(4)15-18)21-8-7-19(29-6-2)12-17(21)3/h7-8,12-16H,5-6,9-11H2,1-4H3. The first-order valence-corrected chi connectivity index (χ1v) is 10.2. The van der Waals surface area contributed by atoms with Gasteiger partial charge in [-0.25, -0.2) is 0 Å². The van der Waals surface area contributed by atoms with E-state index in [0.717, 1.165) is 34.5 Å². The molecule has 0 radical (unpaired) electrons. The Morgan fingerprint density at radius 1 is 1.03 bits per heavy atom. The number of ether oxygens (including phenoxy) is 3. The average Bonchev–Trinajstić information content (AvgIpc) is 3.15. The average molecular weight is 412 g/mol. The molecule has 0 aliphatic heterocycles. The molecule has 1 aromatic carbocycles. The number of nitrogens with zero attached hydrogens (tertiary/aromatic N) is 3. The van der Waals surface area contributed by atoms with Gasteiger partial charge in [0, 0.05) is 43.2 Å². The number of benzene rings is 1. The molecular formula is C23H29N3O4. The van der Waals surface area contributed by atoms with Gasteiger partial charge in [-0.15, -0.1) is 0 Å². The van der Waals surface area contributed by atoms with Gasteiger partial charge in [0.1, 0.15) is 18.1 Å². The number of hydrogen-bond acceptors (Lipinski definition) is 5. The third-order valence-corrected chi connectivity index (χ3v) is 4.60. The Bertz CT molecular complexity index is 1040. The number of aromatic nitrogens is 3. The van der Waals surface area contributed by atoms with E-state index in [1.807, 2.05) is 51.5 Å². The van der Waals surface area contributed by atoms with Crippen LogP contribution in [0.3, 0.4) is 0 Å². The van der Waals surface area contributed by atoms with E-state index >= 15 is 0 Å². The fourth-order valence-corrected chi connectivity index (χ4v) is 3.21. The fourth-order valence-electron chi connectivity index (χ4n) is 3.21. The predicted molar refractivity (Wildman–Crippen MR) is 117 cm³/mol. The van der Waals surface area contributed by atoms with Crippen LogP contribution in [0.2, 0.25) is 0 Å². The zero-order valence-electron chi connectivity index (χ0n) is 18.1. The fraction of sp³-hybridized carbons (Fsp3) is 0.391. The van der Waals surface area contributed by atoms with Crippen LogP contribution in [0.25, 0.3) is 16.8 Å². The van der Waals surface area contributed by atoms with E-state index in [2.05, 4.69) is 12.0 Å². The Morgan fingerprint density at radius 3 is 2.53 bits per heavy atom. The van der Waals surface area contributed by atoms with Gasteiger partial charge in [-0.3, -0.25) is 14.0 Å². The molecule has 0 unspecified atom stereocenters. The van der Waals surface area contributed by atoms with Crippen molar-refractivity contribution in [3.05, 3.63) is 58.8 Å². The molecule has 0 saturated carbocycles. The monoisotopic (exact) mass is 411 g/mol. The predicted octanol–water partition coefficient (Wildman–Crippen LogP) is 3.75. The van der Waals surface area contributed by atoms with Crippen molar-refractivity contribution in [1.82, 2.24) is 14.3 Å². The Hall–Kier alpha value is -3.06. The van der Waals surface area contributed by atoms with E-state index in [1.165, 1.54) is 6.07 Å². The highest BCUT2D eigenvalue weighted by Crippen LogP contribution is 2.30. The molecule has 0 spiro atoms. The second-order valence-corrected chi connectivity index (χ2v) is 7.00. The van der Waals surface area contributed by atoms with Crippen molar-refractivity contribution < 1.29 is 14.2 Å². The highest BCUT2D eigenvalue weighted by Gasteiger charge is 2.14. The zero-order chi connectivity index (χ0) is 21.5. The molecule has 0 bridgehead atoms. The maximum Gasteiger partial charge on any atom is 0.258 e. The summed E-state index contributed by atoms with van der Waals surface area (Å²) in [6.45, 7) is 8.10. The van der Waals surface area contributed by atoms with Crippen molar-refractivity contribution in [2.45, 2.75) is 27.2 Å². The summed E-state index contributed by atoms with van der Waals surface area (Å²) in [6.07, 6.45) is 6.42. The van der Waals surface area contributed by atoms with Crippen LogP contribution in [0.4, 0.5) is 0 Å². The minimum absolute atomic E-state index is 0.167. The largest absolute Gasteiger partial charge is 0.494 e. The molecule has 2 heterocycles. The molecule has 0 N–H and O–H groups in total. The Kier molecular flexibility index (Phi) is 7.30. The molecule has 7 heteroatoms. The third-order valence-electron chi connectivity index (χ3n) is 4.60. The maximum absolute atomic E-state index is 12.9. The van der Waals surface area contributed by atoms with Gasteiger partial charge >= 0.3 is 0 Å². The second-order valence-electron chi connectivity index (χ2n) is 7.00. The van der Waals surface area contributed by atoms with Gasteiger partial charge in [0.25, 0.3) is 5.56 Å². The van der Waals surface area contributed by atoms with E-state index in [0.29, 0.717) is 32.2 Å². The first-order valence-electron chi connectivity index (χ1n) is 10.2. The zero-order valence-corrected chi connectivity index (χ0v) is 18.1. The van der Waals surface area contributed by atoms with E-state index in [4.69, 9.17) is 14.2 Å². The Labute approximate surface area is 176 Å². The van der Waals surface area contributed by atoms with Gasteiger partial charge in [-0.2, -0.15) is 5.10 Å². The number of hydrogen-bond donors (Lipinski definition) is 0. The van der Waals surface area contributed by atoms with Gasteiger partial charge in [0.2, 0.25) is 0 Å². The van der Waals surface area contributed by atoms with Crippen molar-refractivity contribution in [2.75, 3.05) is 26.4 Å². The molecule has 0 aliphatic rings. The van der Waals surface area contributed by atoms with Gasteiger partial charge in [-0.1, -0.05) is 6.92 Å². The van der Waals surface area contributed by atoms with Crippen molar-refractivity contribution in [2.24, 2.45) is 7.05 Å². The molecule has 7 nitrogen and oxygen atoms in total. The maximum atomic E-state index is 12.9. The smallest absolute Gasteiger partial charge is 0.258 e. The number of pyridine rings is 1. The number of aryl methyl sites for hydroxylation is 2. The molecule has 0 amide bonds. The van der Waals surface area contributed by atoms with Crippen LogP contribution in [0.1, 0.15) is 25.8 Å². The lowest BCUT2D eigenvalue weighted by atomic mass is 10.1. The molecule has 3 rings (SSSR count). The van der Waals surface area contributed by atoms with Crippen molar-refractivity contribution >= 4 is 0 Å². The first kappa shape index (κ1) is 21.6. The lowest BCUT2D eigenvalue weighted by Gasteiger charge is -2.16. The molecule has 0 atom stereocenters. The minimum atomic E-state index is -0.167. The van der Waals surface area contributed by atoms with Crippen LogP contribution in [-0.4, -0.2) is 40.8 Å². The molecular weight excluding hydrogens is 382 g/mol. The normalized spacial score (nSPS) is 10.9. The second kappa shape index (κ2) is 10.1. The summed E-state index contributed by atoms with van der Waals surface area (Å²) in [4.78, 5) is 12.9. The summed E-state index contributed by atoms with van der Waals surface area (Å²) in [5.41, 5.74) is 3.25. The van der Waals surface area contributed by atoms with Crippen LogP contribution in [-0.2, 0) is 11.8 Å². The van der Waals surface area contributed by atoms with E-state index < -0.39 is 0 Å². The Balaban J connectivity index is 1.98.